The lowest BCUT2D eigenvalue weighted by Crippen LogP contribution is -2.31. The smallest absolute Gasteiger partial charge is 0.261 e. The standard InChI is InChI=1S/C23H31N5O2S.C2H3N/c24-22(21-20(13-14-25-23(21)29)26-17-7-3-1-4-8-17)27-18-9-11-19(12-10-18)31(30)28-15-5-2-6-16-28;1-2-3/h9-14,17H,1-8,15-16H2,(H2,24,27)(H2,25,26,29);1H3. The number of hydrogen-bond acceptors (Lipinski definition) is 5. The number of aromatic nitrogens is 1. The zero-order chi connectivity index (χ0) is 24.3. The Hall–Kier alpha value is -2.96. The molecule has 34 heavy (non-hydrogen) atoms. The van der Waals surface area contributed by atoms with Crippen LogP contribution in [0.2, 0.25) is 0 Å². The number of nitrogens with two attached hydrogens (primary N) is 1. The minimum absolute atomic E-state index is 0.171. The van der Waals surface area contributed by atoms with Crippen LogP contribution in [0.25, 0.3) is 0 Å². The second-order valence-electron chi connectivity index (χ2n) is 8.53. The highest BCUT2D eigenvalue weighted by molar-refractivity contribution is 7.82. The first-order valence-electron chi connectivity index (χ1n) is 11.9. The van der Waals surface area contributed by atoms with E-state index in [2.05, 4.69) is 15.3 Å². The van der Waals surface area contributed by atoms with E-state index in [-0.39, 0.29) is 11.4 Å². The molecule has 8 nitrogen and oxygen atoms in total. The molecule has 1 unspecified atom stereocenters. The van der Waals surface area contributed by atoms with Crippen molar-refractivity contribution >= 4 is 28.2 Å². The van der Waals surface area contributed by atoms with Crippen molar-refractivity contribution < 1.29 is 4.21 Å². The fourth-order valence-corrected chi connectivity index (χ4v) is 5.59. The first kappa shape index (κ1) is 25.7. The van der Waals surface area contributed by atoms with Crippen molar-refractivity contribution in [3.05, 3.63) is 52.4 Å². The molecule has 4 rings (SSSR count). The largest absolute Gasteiger partial charge is 0.383 e. The van der Waals surface area contributed by atoms with Gasteiger partial charge in [-0.05, 0) is 56.0 Å². The molecule has 0 spiro atoms. The summed E-state index contributed by atoms with van der Waals surface area (Å²) < 4.78 is 14.8. The van der Waals surface area contributed by atoms with E-state index in [0.29, 0.717) is 17.3 Å². The number of nitriles is 1. The Labute approximate surface area is 203 Å². The van der Waals surface area contributed by atoms with Gasteiger partial charge in [-0.1, -0.05) is 25.7 Å². The highest BCUT2D eigenvalue weighted by Gasteiger charge is 2.19. The number of rotatable bonds is 6. The van der Waals surface area contributed by atoms with Crippen molar-refractivity contribution in [2.75, 3.05) is 18.4 Å². The summed E-state index contributed by atoms with van der Waals surface area (Å²) in [6.07, 6.45) is 10.9. The Morgan fingerprint density at radius 1 is 1.12 bits per heavy atom. The highest BCUT2D eigenvalue weighted by atomic mass is 32.2. The molecule has 0 bridgehead atoms. The zero-order valence-corrected chi connectivity index (χ0v) is 20.6. The molecule has 2 fully saturated rings. The first-order chi connectivity index (χ1) is 16.5. The van der Waals surface area contributed by atoms with Gasteiger partial charge in [-0.2, -0.15) is 5.26 Å². The number of aromatic amines is 1. The summed E-state index contributed by atoms with van der Waals surface area (Å²) in [5.41, 5.74) is 7.73. The van der Waals surface area contributed by atoms with E-state index < -0.39 is 11.0 Å². The van der Waals surface area contributed by atoms with E-state index in [9.17, 15) is 9.00 Å². The minimum Gasteiger partial charge on any atom is -0.383 e. The Balaban J connectivity index is 0.00000103. The summed E-state index contributed by atoms with van der Waals surface area (Å²) in [4.78, 5) is 20.5. The van der Waals surface area contributed by atoms with E-state index in [4.69, 9.17) is 11.0 Å². The van der Waals surface area contributed by atoms with Gasteiger partial charge in [0, 0.05) is 32.3 Å². The summed E-state index contributed by atoms with van der Waals surface area (Å²) in [7, 11) is -1.15. The molecule has 1 saturated heterocycles. The van der Waals surface area contributed by atoms with E-state index in [0.717, 1.165) is 49.4 Å². The van der Waals surface area contributed by atoms with Crippen LogP contribution in [0.1, 0.15) is 63.9 Å². The normalized spacial score (nSPS) is 18.3. The molecule has 2 heterocycles. The SMILES string of the molecule is CC#N.NC(=Nc1ccc(S(=O)N2CCCCC2)cc1)c1c(NC2CCCCC2)cc[nH]c1=O. The lowest BCUT2D eigenvalue weighted by molar-refractivity contribution is 0.365. The van der Waals surface area contributed by atoms with Gasteiger partial charge in [0.25, 0.3) is 5.56 Å². The molecular formula is C25H34N6O2S. The summed E-state index contributed by atoms with van der Waals surface area (Å²) in [5, 5.41) is 10.8. The molecule has 1 saturated carbocycles. The number of nitrogens with zero attached hydrogens (tertiary/aromatic N) is 3. The molecule has 0 radical (unpaired) electrons. The highest BCUT2D eigenvalue weighted by Crippen LogP contribution is 2.24. The number of hydrogen-bond donors (Lipinski definition) is 3. The average molecular weight is 483 g/mol. The van der Waals surface area contributed by atoms with Gasteiger partial charge in [0.2, 0.25) is 0 Å². The van der Waals surface area contributed by atoms with Crippen molar-refractivity contribution in [1.82, 2.24) is 9.29 Å². The zero-order valence-electron chi connectivity index (χ0n) is 19.8. The molecule has 182 valence electrons. The second kappa shape index (κ2) is 13.1. The lowest BCUT2D eigenvalue weighted by atomic mass is 9.95. The van der Waals surface area contributed by atoms with Crippen LogP contribution in [0.3, 0.4) is 0 Å². The maximum Gasteiger partial charge on any atom is 0.261 e. The summed E-state index contributed by atoms with van der Waals surface area (Å²) in [6, 6.07) is 11.2. The van der Waals surface area contributed by atoms with E-state index >= 15 is 0 Å². The third-order valence-electron chi connectivity index (χ3n) is 6.02. The maximum atomic E-state index is 12.8. The monoisotopic (exact) mass is 482 g/mol. The van der Waals surface area contributed by atoms with Gasteiger partial charge in [0.05, 0.1) is 22.3 Å². The fourth-order valence-electron chi connectivity index (χ4n) is 4.33. The first-order valence-corrected chi connectivity index (χ1v) is 13.0. The molecular weight excluding hydrogens is 448 g/mol. The number of benzene rings is 1. The van der Waals surface area contributed by atoms with Crippen molar-refractivity contribution in [2.24, 2.45) is 10.7 Å². The molecule has 1 aromatic heterocycles. The van der Waals surface area contributed by atoms with Crippen LogP contribution in [-0.4, -0.2) is 38.5 Å². The van der Waals surface area contributed by atoms with Gasteiger partial charge >= 0.3 is 0 Å². The van der Waals surface area contributed by atoms with Crippen LogP contribution in [-0.2, 0) is 11.0 Å². The predicted molar refractivity (Wildman–Crippen MR) is 138 cm³/mol. The Morgan fingerprint density at radius 2 is 1.74 bits per heavy atom. The Bertz CT molecular complexity index is 1080. The van der Waals surface area contributed by atoms with Crippen LogP contribution in [0.4, 0.5) is 11.4 Å². The number of H-pyrrole nitrogens is 1. The van der Waals surface area contributed by atoms with Crippen molar-refractivity contribution in [2.45, 2.75) is 69.2 Å². The van der Waals surface area contributed by atoms with Crippen molar-refractivity contribution in [3.63, 3.8) is 0 Å². The molecule has 2 aromatic rings. The van der Waals surface area contributed by atoms with Crippen LogP contribution in [0.15, 0.2) is 51.2 Å². The van der Waals surface area contributed by atoms with Crippen molar-refractivity contribution in [1.29, 1.82) is 5.26 Å². The van der Waals surface area contributed by atoms with Gasteiger partial charge in [-0.3, -0.25) is 4.79 Å². The number of amidine groups is 1. The molecule has 1 aromatic carbocycles. The predicted octanol–water partition coefficient (Wildman–Crippen LogP) is 4.19. The summed E-state index contributed by atoms with van der Waals surface area (Å²) >= 11 is 0. The molecule has 2 aliphatic rings. The topological polar surface area (TPSA) is 127 Å². The van der Waals surface area contributed by atoms with Gasteiger partial charge in [-0.25, -0.2) is 13.5 Å². The third kappa shape index (κ3) is 7.02. The Morgan fingerprint density at radius 3 is 2.38 bits per heavy atom. The molecule has 1 aliphatic heterocycles. The van der Waals surface area contributed by atoms with Gasteiger partial charge in [0.1, 0.15) is 22.4 Å². The number of piperidine rings is 1. The Kier molecular flexibility index (Phi) is 9.86. The van der Waals surface area contributed by atoms with Crippen LogP contribution in [0.5, 0.6) is 0 Å². The lowest BCUT2D eigenvalue weighted by Gasteiger charge is -2.25. The number of nitrogens with one attached hydrogen (secondary N) is 2. The third-order valence-corrected chi connectivity index (χ3v) is 7.53. The molecule has 1 atom stereocenters. The van der Waals surface area contributed by atoms with Gasteiger partial charge < -0.3 is 16.0 Å². The number of anilines is 1. The average Bonchev–Trinajstić information content (AvgIpc) is 2.86. The van der Waals surface area contributed by atoms with Crippen LogP contribution >= 0.6 is 0 Å². The van der Waals surface area contributed by atoms with E-state index in [1.807, 2.05) is 22.5 Å². The minimum atomic E-state index is -1.15. The maximum absolute atomic E-state index is 12.8. The summed E-state index contributed by atoms with van der Waals surface area (Å²) in [6.45, 7) is 3.17. The van der Waals surface area contributed by atoms with Crippen molar-refractivity contribution in [3.8, 4) is 6.07 Å². The van der Waals surface area contributed by atoms with Gasteiger partial charge in [0.15, 0.2) is 0 Å². The van der Waals surface area contributed by atoms with Crippen LogP contribution in [0, 0.1) is 11.3 Å². The molecule has 1 aliphatic carbocycles. The van der Waals surface area contributed by atoms with E-state index in [1.165, 1.54) is 32.6 Å². The number of pyridine rings is 1. The fraction of sp³-hybridized carbons (Fsp3) is 0.480. The molecule has 9 heteroatoms. The second-order valence-corrected chi connectivity index (χ2v) is 10.0. The van der Waals surface area contributed by atoms with Crippen LogP contribution < -0.4 is 16.6 Å². The van der Waals surface area contributed by atoms with Gasteiger partial charge in [-0.15, -0.1) is 0 Å². The quantitative estimate of drug-likeness (QED) is 0.420. The molecule has 4 N–H and O–H groups in total. The van der Waals surface area contributed by atoms with E-state index in [1.54, 1.807) is 24.4 Å². The number of aliphatic imine (C=N–C) groups is 1. The summed E-state index contributed by atoms with van der Waals surface area (Å²) in [5.74, 6) is 0.171. The molecule has 0 amide bonds.